The van der Waals surface area contributed by atoms with E-state index in [-0.39, 0.29) is 0 Å². The summed E-state index contributed by atoms with van der Waals surface area (Å²) in [5, 5.41) is 7.01. The average molecular weight is 566 g/mol. The molecule has 3 aromatic heterocycles. The molecule has 6 aromatic carbocycles. The Bertz CT molecular complexity index is 2500. The summed E-state index contributed by atoms with van der Waals surface area (Å²) in [7, 11) is 0. The van der Waals surface area contributed by atoms with Crippen LogP contribution >= 0.6 is 11.3 Å². The molecule has 3 heterocycles. The van der Waals surface area contributed by atoms with Crippen LogP contribution in [-0.4, -0.2) is 15.0 Å². The van der Waals surface area contributed by atoms with Crippen LogP contribution in [0.25, 0.3) is 86.7 Å². The topological polar surface area (TPSA) is 38.7 Å². The first-order chi connectivity index (χ1) is 21.3. The highest BCUT2D eigenvalue weighted by atomic mass is 32.1. The second kappa shape index (κ2) is 9.55. The lowest BCUT2D eigenvalue weighted by Crippen LogP contribution is -1.97. The molecule has 43 heavy (non-hydrogen) atoms. The van der Waals surface area contributed by atoms with E-state index in [1.165, 1.54) is 25.6 Å². The largest absolute Gasteiger partial charge is 0.247 e. The first-order valence-electron chi connectivity index (χ1n) is 14.4. The second-order valence-corrected chi connectivity index (χ2v) is 11.8. The van der Waals surface area contributed by atoms with Gasteiger partial charge in [-0.2, -0.15) is 0 Å². The Morgan fingerprint density at radius 2 is 0.977 bits per heavy atom. The van der Waals surface area contributed by atoms with Gasteiger partial charge < -0.3 is 0 Å². The Morgan fingerprint density at radius 1 is 0.419 bits per heavy atom. The molecule has 200 valence electrons. The monoisotopic (exact) mass is 565 g/mol. The average Bonchev–Trinajstić information content (AvgIpc) is 3.47. The number of benzene rings is 6. The van der Waals surface area contributed by atoms with Crippen molar-refractivity contribution in [2.75, 3.05) is 0 Å². The van der Waals surface area contributed by atoms with Crippen molar-refractivity contribution in [3.05, 3.63) is 140 Å². The summed E-state index contributed by atoms with van der Waals surface area (Å²) in [4.78, 5) is 15.8. The Kier molecular flexibility index (Phi) is 5.37. The van der Waals surface area contributed by atoms with Crippen molar-refractivity contribution < 1.29 is 0 Å². The molecule has 9 aromatic rings. The zero-order valence-electron chi connectivity index (χ0n) is 23.0. The van der Waals surface area contributed by atoms with Gasteiger partial charge in [-0.1, -0.05) is 115 Å². The van der Waals surface area contributed by atoms with E-state index in [1.807, 2.05) is 23.5 Å². The second-order valence-electron chi connectivity index (χ2n) is 10.8. The van der Waals surface area contributed by atoms with E-state index in [4.69, 9.17) is 15.0 Å². The summed E-state index contributed by atoms with van der Waals surface area (Å²) < 4.78 is 2.44. The van der Waals surface area contributed by atoms with E-state index >= 15 is 0 Å². The number of fused-ring (bicyclic) bond motifs is 8. The molecule has 0 atom stereocenters. The zero-order valence-corrected chi connectivity index (χ0v) is 23.8. The number of thiophene rings is 1. The molecular formula is C39H23N3S. The number of rotatable bonds is 3. The van der Waals surface area contributed by atoms with E-state index in [2.05, 4.69) is 127 Å². The van der Waals surface area contributed by atoms with Crippen LogP contribution in [0.2, 0.25) is 0 Å². The summed E-state index contributed by atoms with van der Waals surface area (Å²) in [5.74, 6) is 0.725. The van der Waals surface area contributed by atoms with Gasteiger partial charge in [0.15, 0.2) is 5.82 Å². The lowest BCUT2D eigenvalue weighted by atomic mass is 9.94. The highest BCUT2D eigenvalue weighted by molar-refractivity contribution is 7.26. The Morgan fingerprint density at radius 3 is 1.70 bits per heavy atom. The molecule has 3 nitrogen and oxygen atoms in total. The summed E-state index contributed by atoms with van der Waals surface area (Å²) in [6.45, 7) is 0. The number of pyridine rings is 1. The third kappa shape index (κ3) is 3.77. The number of hydrogen-bond acceptors (Lipinski definition) is 4. The van der Waals surface area contributed by atoms with Crippen LogP contribution in [0.1, 0.15) is 0 Å². The highest BCUT2D eigenvalue weighted by Crippen LogP contribution is 2.47. The highest BCUT2D eigenvalue weighted by Gasteiger charge is 2.22. The van der Waals surface area contributed by atoms with E-state index in [9.17, 15) is 0 Å². The molecule has 0 aliphatic rings. The molecule has 0 spiro atoms. The van der Waals surface area contributed by atoms with Crippen LogP contribution < -0.4 is 0 Å². The van der Waals surface area contributed by atoms with Crippen LogP contribution in [0.5, 0.6) is 0 Å². The molecule has 0 bridgehead atoms. The fourth-order valence-electron chi connectivity index (χ4n) is 6.33. The van der Waals surface area contributed by atoms with Gasteiger partial charge in [0.05, 0.1) is 22.4 Å². The van der Waals surface area contributed by atoms with Crippen molar-refractivity contribution >= 4 is 64.1 Å². The van der Waals surface area contributed by atoms with E-state index in [0.29, 0.717) is 0 Å². The van der Waals surface area contributed by atoms with Gasteiger partial charge in [-0.15, -0.1) is 11.3 Å². The van der Waals surface area contributed by atoms with E-state index in [0.717, 1.165) is 61.1 Å². The van der Waals surface area contributed by atoms with Gasteiger partial charge >= 0.3 is 0 Å². The van der Waals surface area contributed by atoms with Gasteiger partial charge in [-0.05, 0) is 24.3 Å². The number of aromatic nitrogens is 3. The van der Waals surface area contributed by atoms with Crippen molar-refractivity contribution in [2.45, 2.75) is 0 Å². The minimum Gasteiger partial charge on any atom is -0.247 e. The Balaban J connectivity index is 1.49. The van der Waals surface area contributed by atoms with Crippen molar-refractivity contribution in [2.24, 2.45) is 0 Å². The zero-order chi connectivity index (χ0) is 28.3. The molecule has 0 unspecified atom stereocenters. The Hall–Kier alpha value is -5.45. The fraction of sp³-hybridized carbons (Fsp3) is 0. The molecule has 9 rings (SSSR count). The van der Waals surface area contributed by atoms with Gasteiger partial charge in [0.1, 0.15) is 0 Å². The maximum absolute atomic E-state index is 5.31. The lowest BCUT2D eigenvalue weighted by molar-refractivity contribution is 1.24. The van der Waals surface area contributed by atoms with Gasteiger partial charge in [0.2, 0.25) is 0 Å². The lowest BCUT2D eigenvalue weighted by Gasteiger charge is -2.15. The van der Waals surface area contributed by atoms with E-state index < -0.39 is 0 Å². The molecule has 0 fully saturated rings. The molecular weight excluding hydrogens is 543 g/mol. The number of nitrogens with zero attached hydrogens (tertiary/aromatic N) is 3. The van der Waals surface area contributed by atoms with E-state index in [1.54, 1.807) is 0 Å². The molecule has 0 N–H and O–H groups in total. The third-order valence-corrected chi connectivity index (χ3v) is 9.45. The van der Waals surface area contributed by atoms with Crippen molar-refractivity contribution in [3.8, 4) is 33.9 Å². The molecule has 0 saturated heterocycles. The van der Waals surface area contributed by atoms with Crippen LogP contribution in [0.4, 0.5) is 0 Å². The van der Waals surface area contributed by atoms with Crippen LogP contribution in [-0.2, 0) is 0 Å². The summed E-state index contributed by atoms with van der Waals surface area (Å²) in [6.07, 6.45) is 0. The minimum atomic E-state index is 0.725. The van der Waals surface area contributed by atoms with Crippen molar-refractivity contribution in [1.82, 2.24) is 15.0 Å². The SMILES string of the molecule is c1ccc(-c2nc(-c3cc4c(-c5ccccc5)nc5ccccc5c4c4c3sc3ccccc34)nc3ccccc23)cc1. The van der Waals surface area contributed by atoms with Gasteiger partial charge in [-0.25, -0.2) is 15.0 Å². The summed E-state index contributed by atoms with van der Waals surface area (Å²) in [6, 6.07) is 48.7. The van der Waals surface area contributed by atoms with Crippen molar-refractivity contribution in [3.63, 3.8) is 0 Å². The molecule has 0 aliphatic carbocycles. The van der Waals surface area contributed by atoms with Gasteiger partial charge in [0.25, 0.3) is 0 Å². The minimum absolute atomic E-state index is 0.725. The fourth-order valence-corrected chi connectivity index (χ4v) is 7.55. The maximum atomic E-state index is 5.31. The first-order valence-corrected chi connectivity index (χ1v) is 15.2. The molecule has 0 amide bonds. The van der Waals surface area contributed by atoms with Gasteiger partial charge in [-0.3, -0.25) is 0 Å². The maximum Gasteiger partial charge on any atom is 0.161 e. The molecule has 0 radical (unpaired) electrons. The number of hydrogen-bond donors (Lipinski definition) is 0. The number of para-hydroxylation sites is 2. The van der Waals surface area contributed by atoms with Crippen LogP contribution in [0.3, 0.4) is 0 Å². The molecule has 4 heteroatoms. The van der Waals surface area contributed by atoms with Gasteiger partial charge in [0, 0.05) is 58.4 Å². The smallest absolute Gasteiger partial charge is 0.161 e. The quantitative estimate of drug-likeness (QED) is 0.200. The third-order valence-electron chi connectivity index (χ3n) is 8.25. The van der Waals surface area contributed by atoms with Crippen LogP contribution in [0.15, 0.2) is 140 Å². The van der Waals surface area contributed by atoms with Crippen molar-refractivity contribution in [1.29, 1.82) is 0 Å². The summed E-state index contributed by atoms with van der Waals surface area (Å²) >= 11 is 1.81. The predicted octanol–water partition coefficient (Wildman–Crippen LogP) is 10.7. The normalized spacial score (nSPS) is 11.7. The first kappa shape index (κ1) is 24.2. The predicted molar refractivity (Wildman–Crippen MR) is 182 cm³/mol. The molecule has 0 aliphatic heterocycles. The Labute approximate surface area is 251 Å². The van der Waals surface area contributed by atoms with Crippen LogP contribution in [0, 0.1) is 0 Å². The standard InChI is InChI=1S/C39H23N3S/c1-3-13-24(14-4-1)36-27-18-8-11-21-32(27)41-39(42-36)30-23-29-34(35-28-19-9-12-22-33(28)43-38(30)35)26-17-7-10-20-31(26)40-37(29)25-15-5-2-6-16-25/h1-23H. The molecule has 0 saturated carbocycles. The summed E-state index contributed by atoms with van der Waals surface area (Å²) in [5.41, 5.74) is 7.03.